The molecule has 1 amide bonds. The van der Waals surface area contributed by atoms with E-state index in [1.165, 1.54) is 22.5 Å². The van der Waals surface area contributed by atoms with Crippen LogP contribution in [0, 0.1) is 0 Å². The van der Waals surface area contributed by atoms with E-state index in [-0.39, 0.29) is 18.0 Å². The van der Waals surface area contributed by atoms with Gasteiger partial charge in [0.25, 0.3) is 5.56 Å². The van der Waals surface area contributed by atoms with Crippen LogP contribution in [0.3, 0.4) is 0 Å². The number of hydrogen-bond donors (Lipinski definition) is 0. The van der Waals surface area contributed by atoms with Crippen LogP contribution >= 0.6 is 11.6 Å². The molecule has 0 radical (unpaired) electrons. The SMILES string of the molecule is O=C(Cn1ncccc1=O)N1CCCC[C@@H](c2ccc(Cl)cc2)C1. The van der Waals surface area contributed by atoms with E-state index < -0.39 is 0 Å². The molecule has 1 atom stereocenters. The first-order chi connectivity index (χ1) is 11.6. The van der Waals surface area contributed by atoms with Crippen LogP contribution in [-0.2, 0) is 11.3 Å². The van der Waals surface area contributed by atoms with Gasteiger partial charge in [-0.1, -0.05) is 30.2 Å². The van der Waals surface area contributed by atoms with Gasteiger partial charge < -0.3 is 4.90 Å². The van der Waals surface area contributed by atoms with Gasteiger partial charge in [0.05, 0.1) is 0 Å². The highest BCUT2D eigenvalue weighted by Crippen LogP contribution is 2.27. The fourth-order valence-electron chi connectivity index (χ4n) is 3.11. The molecule has 0 unspecified atom stereocenters. The number of benzene rings is 1. The number of rotatable bonds is 3. The molecule has 5 nitrogen and oxygen atoms in total. The Balaban J connectivity index is 1.72. The summed E-state index contributed by atoms with van der Waals surface area (Å²) in [5.41, 5.74) is 0.948. The highest BCUT2D eigenvalue weighted by Gasteiger charge is 2.23. The first-order valence-corrected chi connectivity index (χ1v) is 8.56. The second-order valence-electron chi connectivity index (χ2n) is 6.10. The summed E-state index contributed by atoms with van der Waals surface area (Å²) < 4.78 is 1.21. The third-order valence-corrected chi connectivity index (χ3v) is 4.69. The second kappa shape index (κ2) is 7.62. The van der Waals surface area contributed by atoms with Crippen molar-refractivity contribution in [1.29, 1.82) is 0 Å². The molecule has 1 aliphatic rings. The lowest BCUT2D eigenvalue weighted by atomic mass is 9.94. The largest absolute Gasteiger partial charge is 0.340 e. The summed E-state index contributed by atoms with van der Waals surface area (Å²) in [6.45, 7) is 1.39. The number of likely N-dealkylation sites (tertiary alicyclic amines) is 1. The molecule has 24 heavy (non-hydrogen) atoms. The van der Waals surface area contributed by atoms with E-state index in [0.717, 1.165) is 30.8 Å². The molecule has 126 valence electrons. The smallest absolute Gasteiger partial charge is 0.267 e. The summed E-state index contributed by atoms with van der Waals surface area (Å²) in [6, 6.07) is 10.8. The Bertz CT molecular complexity index is 757. The fraction of sp³-hybridized carbons (Fsp3) is 0.389. The second-order valence-corrected chi connectivity index (χ2v) is 6.54. The minimum Gasteiger partial charge on any atom is -0.340 e. The van der Waals surface area contributed by atoms with Crippen LogP contribution < -0.4 is 5.56 Å². The van der Waals surface area contributed by atoms with Crippen molar-refractivity contribution in [2.45, 2.75) is 31.7 Å². The van der Waals surface area contributed by atoms with Crippen molar-refractivity contribution in [3.05, 3.63) is 63.5 Å². The third-order valence-electron chi connectivity index (χ3n) is 4.44. The maximum Gasteiger partial charge on any atom is 0.267 e. The van der Waals surface area contributed by atoms with E-state index in [1.54, 1.807) is 6.07 Å². The Labute approximate surface area is 145 Å². The van der Waals surface area contributed by atoms with Crippen LogP contribution in [0.25, 0.3) is 0 Å². The molecule has 0 N–H and O–H groups in total. The zero-order chi connectivity index (χ0) is 16.9. The monoisotopic (exact) mass is 345 g/mol. The first kappa shape index (κ1) is 16.7. The molecule has 0 bridgehead atoms. The van der Waals surface area contributed by atoms with E-state index in [9.17, 15) is 9.59 Å². The van der Waals surface area contributed by atoms with Crippen molar-refractivity contribution in [3.8, 4) is 0 Å². The Hall–Kier alpha value is -2.14. The van der Waals surface area contributed by atoms with E-state index in [4.69, 9.17) is 11.6 Å². The summed E-state index contributed by atoms with van der Waals surface area (Å²) >= 11 is 5.96. The molecular weight excluding hydrogens is 326 g/mol. The van der Waals surface area contributed by atoms with Crippen molar-refractivity contribution in [3.63, 3.8) is 0 Å². The molecule has 1 aliphatic heterocycles. The number of hydrogen-bond acceptors (Lipinski definition) is 3. The first-order valence-electron chi connectivity index (χ1n) is 8.19. The van der Waals surface area contributed by atoms with Gasteiger partial charge in [0.2, 0.25) is 5.91 Å². The predicted octanol–water partition coefficient (Wildman–Crippen LogP) is 2.69. The fourth-order valence-corrected chi connectivity index (χ4v) is 3.24. The van der Waals surface area contributed by atoms with E-state index in [2.05, 4.69) is 5.10 Å². The Morgan fingerprint density at radius 3 is 2.75 bits per heavy atom. The molecule has 1 aromatic heterocycles. The van der Waals surface area contributed by atoms with Gasteiger partial charge in [-0.3, -0.25) is 9.59 Å². The highest BCUT2D eigenvalue weighted by molar-refractivity contribution is 6.30. The topological polar surface area (TPSA) is 55.2 Å². The maximum atomic E-state index is 12.6. The summed E-state index contributed by atoms with van der Waals surface area (Å²) in [4.78, 5) is 26.2. The van der Waals surface area contributed by atoms with Crippen LogP contribution in [0.5, 0.6) is 0 Å². The molecule has 1 fully saturated rings. The average Bonchev–Trinajstić information content (AvgIpc) is 2.84. The normalized spacial score (nSPS) is 18.2. The predicted molar refractivity (Wildman–Crippen MR) is 93.1 cm³/mol. The van der Waals surface area contributed by atoms with Crippen LogP contribution in [0.15, 0.2) is 47.4 Å². The van der Waals surface area contributed by atoms with Crippen LogP contribution in [-0.4, -0.2) is 33.7 Å². The van der Waals surface area contributed by atoms with Crippen molar-refractivity contribution in [1.82, 2.24) is 14.7 Å². The molecule has 6 heteroatoms. The van der Waals surface area contributed by atoms with Crippen molar-refractivity contribution >= 4 is 17.5 Å². The van der Waals surface area contributed by atoms with Crippen molar-refractivity contribution < 1.29 is 4.79 Å². The summed E-state index contributed by atoms with van der Waals surface area (Å²) in [6.07, 6.45) is 4.64. The van der Waals surface area contributed by atoms with Gasteiger partial charge in [-0.15, -0.1) is 0 Å². The number of amides is 1. The van der Waals surface area contributed by atoms with E-state index >= 15 is 0 Å². The number of carbonyl (C=O) groups is 1. The van der Waals surface area contributed by atoms with E-state index in [1.807, 2.05) is 29.2 Å². The lowest BCUT2D eigenvalue weighted by molar-refractivity contribution is -0.132. The molecule has 1 aromatic carbocycles. The summed E-state index contributed by atoms with van der Waals surface area (Å²) in [5.74, 6) is 0.242. The van der Waals surface area contributed by atoms with Crippen molar-refractivity contribution in [2.75, 3.05) is 13.1 Å². The van der Waals surface area contributed by atoms with Crippen LogP contribution in [0.2, 0.25) is 5.02 Å². The van der Waals surface area contributed by atoms with Gasteiger partial charge in [-0.2, -0.15) is 5.10 Å². The standard InChI is InChI=1S/C18H20ClN3O2/c19-16-8-6-14(7-9-16)15-4-1-2-11-21(12-15)18(24)13-22-17(23)5-3-10-20-22/h3,5-10,15H,1-2,4,11-13H2/t15-/m1/s1. The molecule has 3 rings (SSSR count). The third kappa shape index (κ3) is 4.03. The molecule has 0 aliphatic carbocycles. The maximum absolute atomic E-state index is 12.6. The number of carbonyl (C=O) groups excluding carboxylic acids is 1. The zero-order valence-electron chi connectivity index (χ0n) is 13.4. The van der Waals surface area contributed by atoms with Crippen LogP contribution in [0.1, 0.15) is 30.7 Å². The average molecular weight is 346 g/mol. The lowest BCUT2D eigenvalue weighted by Gasteiger charge is -2.25. The van der Waals surface area contributed by atoms with Gasteiger partial charge >= 0.3 is 0 Å². The molecule has 0 saturated carbocycles. The van der Waals surface area contributed by atoms with Gasteiger partial charge in [-0.25, -0.2) is 4.68 Å². The van der Waals surface area contributed by atoms with Gasteiger partial charge in [-0.05, 0) is 36.6 Å². The van der Waals surface area contributed by atoms with Gasteiger partial charge in [0.1, 0.15) is 6.54 Å². The van der Waals surface area contributed by atoms with Gasteiger partial charge in [0, 0.05) is 36.3 Å². The molecule has 2 heterocycles. The Morgan fingerprint density at radius 1 is 1.21 bits per heavy atom. The van der Waals surface area contributed by atoms with Gasteiger partial charge in [0.15, 0.2) is 0 Å². The molecule has 0 spiro atoms. The Kier molecular flexibility index (Phi) is 5.30. The minimum absolute atomic E-state index is 0.00693. The molecule has 2 aromatic rings. The quantitative estimate of drug-likeness (QED) is 0.859. The number of nitrogens with zero attached hydrogens (tertiary/aromatic N) is 3. The van der Waals surface area contributed by atoms with Crippen molar-refractivity contribution in [2.24, 2.45) is 0 Å². The Morgan fingerprint density at radius 2 is 2.00 bits per heavy atom. The lowest BCUT2D eigenvalue weighted by Crippen LogP contribution is -2.39. The highest BCUT2D eigenvalue weighted by atomic mass is 35.5. The summed E-state index contributed by atoms with van der Waals surface area (Å²) in [7, 11) is 0. The molecule has 1 saturated heterocycles. The zero-order valence-corrected chi connectivity index (χ0v) is 14.2. The summed E-state index contributed by atoms with van der Waals surface area (Å²) in [5, 5.41) is 4.68. The van der Waals surface area contributed by atoms with Crippen LogP contribution in [0.4, 0.5) is 0 Å². The van der Waals surface area contributed by atoms with E-state index in [0.29, 0.717) is 12.5 Å². The number of halogens is 1. The number of aromatic nitrogens is 2. The minimum atomic E-state index is -0.255. The molecular formula is C18H20ClN3O2.